The highest BCUT2D eigenvalue weighted by molar-refractivity contribution is 6.33. The van der Waals surface area contributed by atoms with Crippen LogP contribution < -0.4 is 15.8 Å². The number of nitrogens with one attached hydrogen (secondary N) is 1. The van der Waals surface area contributed by atoms with Crippen LogP contribution in [-0.4, -0.2) is 52.7 Å². The maximum atomic E-state index is 13.3. The van der Waals surface area contributed by atoms with Gasteiger partial charge in [-0.3, -0.25) is 9.36 Å². The average molecular weight is 485 g/mol. The molecule has 0 atom stereocenters. The van der Waals surface area contributed by atoms with Crippen LogP contribution in [0.4, 0.5) is 17.3 Å². The summed E-state index contributed by atoms with van der Waals surface area (Å²) in [6.45, 7) is 4.14. The van der Waals surface area contributed by atoms with Gasteiger partial charge in [0, 0.05) is 61.4 Å². The zero-order valence-corrected chi connectivity index (χ0v) is 20.4. The van der Waals surface area contributed by atoms with Gasteiger partial charge < -0.3 is 15.1 Å². The number of likely N-dealkylation sites (N-methyl/N-ethyl adjacent to an activating group) is 1. The van der Waals surface area contributed by atoms with E-state index < -0.39 is 0 Å². The average Bonchev–Trinajstić information content (AvgIpc) is 2.88. The van der Waals surface area contributed by atoms with E-state index in [4.69, 9.17) is 18.0 Å². The number of terminal acetylenes is 1. The Morgan fingerprint density at radius 2 is 1.74 bits per heavy atom. The molecule has 5 rings (SSSR count). The van der Waals surface area contributed by atoms with Crippen molar-refractivity contribution >= 4 is 40.0 Å². The number of aromatic nitrogens is 3. The van der Waals surface area contributed by atoms with Crippen LogP contribution >= 0.6 is 11.6 Å². The molecule has 2 aromatic carbocycles. The van der Waals surface area contributed by atoms with Crippen LogP contribution in [0.5, 0.6) is 0 Å². The highest BCUT2D eigenvalue weighted by Gasteiger charge is 2.19. The van der Waals surface area contributed by atoms with Crippen LogP contribution in [0.15, 0.2) is 59.5 Å². The molecule has 1 saturated heterocycles. The normalized spacial score (nSPS) is 14.2. The highest BCUT2D eigenvalue weighted by atomic mass is 35.5. The second-order valence-corrected chi connectivity index (χ2v) is 9.04. The predicted octanol–water partition coefficient (Wildman–Crippen LogP) is 4.13. The van der Waals surface area contributed by atoms with Crippen molar-refractivity contribution in [2.75, 3.05) is 43.4 Å². The number of halogens is 1. The summed E-state index contributed by atoms with van der Waals surface area (Å²) in [6.07, 6.45) is 7.50. The molecule has 176 valence electrons. The summed E-state index contributed by atoms with van der Waals surface area (Å²) >= 11 is 6.38. The number of rotatable bonds is 4. The second kappa shape index (κ2) is 9.41. The van der Waals surface area contributed by atoms with Crippen LogP contribution in [0, 0.1) is 12.3 Å². The molecular weight excluding hydrogens is 460 g/mol. The zero-order valence-electron chi connectivity index (χ0n) is 19.6. The van der Waals surface area contributed by atoms with Gasteiger partial charge in [0.05, 0.1) is 16.5 Å². The SMILES string of the molecule is C#Cc1c(-c2ccccc2Cl)c(=O)n(C)c2nc(Nc3ccc(N4CCN(C)CC4)cc3)ncc12. The molecule has 4 aromatic rings. The van der Waals surface area contributed by atoms with Gasteiger partial charge in [0.15, 0.2) is 0 Å². The smallest absolute Gasteiger partial charge is 0.261 e. The molecule has 1 N–H and O–H groups in total. The van der Waals surface area contributed by atoms with Gasteiger partial charge in [-0.2, -0.15) is 4.98 Å². The number of hydrogen-bond donors (Lipinski definition) is 1. The molecule has 1 aliphatic rings. The monoisotopic (exact) mass is 484 g/mol. The molecule has 8 heteroatoms. The van der Waals surface area contributed by atoms with Gasteiger partial charge >= 0.3 is 0 Å². The van der Waals surface area contributed by atoms with Crippen LogP contribution in [0.25, 0.3) is 22.2 Å². The molecule has 0 unspecified atom stereocenters. The van der Waals surface area contributed by atoms with Crippen LogP contribution in [0.3, 0.4) is 0 Å². The first-order chi connectivity index (χ1) is 17.0. The molecule has 0 aliphatic carbocycles. The van der Waals surface area contributed by atoms with Crippen molar-refractivity contribution in [3.63, 3.8) is 0 Å². The number of piperazine rings is 1. The molecule has 0 amide bonds. The van der Waals surface area contributed by atoms with E-state index in [0.29, 0.717) is 38.7 Å². The third kappa shape index (κ3) is 4.34. The topological polar surface area (TPSA) is 66.3 Å². The summed E-state index contributed by atoms with van der Waals surface area (Å²) in [6, 6.07) is 15.4. The minimum absolute atomic E-state index is 0.264. The standard InChI is InChI=1S/C27H25ClN6O/c1-4-20-22-17-29-27(30-18-9-11-19(12-10-18)34-15-13-32(2)14-16-34)31-25(22)33(3)26(35)24(20)21-7-5-6-8-23(21)28/h1,5-12,17H,13-16H2,2-3H3,(H,29,30,31). The van der Waals surface area contributed by atoms with Gasteiger partial charge in [0.1, 0.15) is 5.65 Å². The van der Waals surface area contributed by atoms with Crippen molar-refractivity contribution in [1.82, 2.24) is 19.4 Å². The Labute approximate surface area is 209 Å². The molecular formula is C27H25ClN6O. The van der Waals surface area contributed by atoms with Gasteiger partial charge in [-0.05, 0) is 37.4 Å². The van der Waals surface area contributed by atoms with Crippen molar-refractivity contribution in [2.45, 2.75) is 0 Å². The van der Waals surface area contributed by atoms with Crippen molar-refractivity contribution in [1.29, 1.82) is 0 Å². The van der Waals surface area contributed by atoms with E-state index in [-0.39, 0.29) is 5.56 Å². The molecule has 7 nitrogen and oxygen atoms in total. The Bertz CT molecular complexity index is 1500. The van der Waals surface area contributed by atoms with E-state index in [9.17, 15) is 4.79 Å². The Kier molecular flexibility index (Phi) is 6.16. The van der Waals surface area contributed by atoms with E-state index in [2.05, 4.69) is 50.2 Å². The maximum absolute atomic E-state index is 13.3. The van der Waals surface area contributed by atoms with Gasteiger partial charge in [-0.25, -0.2) is 4.98 Å². The number of pyridine rings is 1. The largest absolute Gasteiger partial charge is 0.369 e. The van der Waals surface area contributed by atoms with Gasteiger partial charge in [0.2, 0.25) is 5.95 Å². The van der Waals surface area contributed by atoms with Crippen molar-refractivity contribution in [3.8, 4) is 23.5 Å². The molecule has 0 saturated carbocycles. The Balaban J connectivity index is 1.48. The maximum Gasteiger partial charge on any atom is 0.261 e. The van der Waals surface area contributed by atoms with Crippen molar-refractivity contribution < 1.29 is 0 Å². The number of aryl methyl sites for hydroxylation is 1. The Morgan fingerprint density at radius 1 is 1.03 bits per heavy atom. The van der Waals surface area contributed by atoms with Crippen LogP contribution in [-0.2, 0) is 7.05 Å². The number of hydrogen-bond acceptors (Lipinski definition) is 6. The second-order valence-electron chi connectivity index (χ2n) is 8.63. The van der Waals surface area contributed by atoms with Crippen LogP contribution in [0.2, 0.25) is 5.02 Å². The van der Waals surface area contributed by atoms with Gasteiger partial charge in [0.25, 0.3) is 5.56 Å². The summed E-state index contributed by atoms with van der Waals surface area (Å²) in [5.74, 6) is 3.04. The molecule has 2 aromatic heterocycles. The van der Waals surface area contributed by atoms with E-state index in [1.165, 1.54) is 10.3 Å². The highest BCUT2D eigenvalue weighted by Crippen LogP contribution is 2.31. The summed E-state index contributed by atoms with van der Waals surface area (Å²) in [4.78, 5) is 27.1. The van der Waals surface area contributed by atoms with Crippen molar-refractivity contribution in [2.24, 2.45) is 7.05 Å². The minimum Gasteiger partial charge on any atom is -0.369 e. The molecule has 0 bridgehead atoms. The fraction of sp³-hybridized carbons (Fsp3) is 0.222. The first kappa shape index (κ1) is 22.9. The lowest BCUT2D eigenvalue weighted by atomic mass is 9.99. The zero-order chi connectivity index (χ0) is 24.5. The molecule has 35 heavy (non-hydrogen) atoms. The number of fused-ring (bicyclic) bond motifs is 1. The van der Waals surface area contributed by atoms with Gasteiger partial charge in [-0.1, -0.05) is 35.7 Å². The molecule has 0 radical (unpaired) electrons. The van der Waals surface area contributed by atoms with E-state index in [0.717, 1.165) is 31.9 Å². The third-order valence-electron chi connectivity index (χ3n) is 6.40. The number of benzene rings is 2. The fourth-order valence-corrected chi connectivity index (χ4v) is 4.61. The first-order valence-corrected chi connectivity index (χ1v) is 11.8. The lowest BCUT2D eigenvalue weighted by Gasteiger charge is -2.34. The molecule has 3 heterocycles. The van der Waals surface area contributed by atoms with Crippen molar-refractivity contribution in [3.05, 3.63) is 75.7 Å². The predicted molar refractivity (Wildman–Crippen MR) is 143 cm³/mol. The molecule has 1 aliphatic heterocycles. The molecule has 1 fully saturated rings. The van der Waals surface area contributed by atoms with E-state index in [1.54, 1.807) is 25.4 Å². The summed E-state index contributed by atoms with van der Waals surface area (Å²) in [5.41, 5.74) is 3.63. The van der Waals surface area contributed by atoms with Crippen LogP contribution in [0.1, 0.15) is 5.56 Å². The fourth-order valence-electron chi connectivity index (χ4n) is 4.38. The first-order valence-electron chi connectivity index (χ1n) is 11.4. The summed E-state index contributed by atoms with van der Waals surface area (Å²) in [5, 5.41) is 4.31. The number of nitrogens with zero attached hydrogens (tertiary/aromatic N) is 5. The summed E-state index contributed by atoms with van der Waals surface area (Å²) in [7, 11) is 3.82. The lowest BCUT2D eigenvalue weighted by Crippen LogP contribution is -2.44. The van der Waals surface area contributed by atoms with E-state index in [1.807, 2.05) is 24.3 Å². The Morgan fingerprint density at radius 3 is 2.43 bits per heavy atom. The Hall–Kier alpha value is -3.86. The van der Waals surface area contributed by atoms with E-state index >= 15 is 0 Å². The lowest BCUT2D eigenvalue weighted by molar-refractivity contribution is 0.313. The minimum atomic E-state index is -0.264. The molecule has 0 spiro atoms. The quantitative estimate of drug-likeness (QED) is 0.439. The third-order valence-corrected chi connectivity index (χ3v) is 6.73. The summed E-state index contributed by atoms with van der Waals surface area (Å²) < 4.78 is 1.48. The van der Waals surface area contributed by atoms with Gasteiger partial charge in [-0.15, -0.1) is 6.42 Å². The number of anilines is 3.